The summed E-state index contributed by atoms with van der Waals surface area (Å²) >= 11 is 0. The maximum Gasteiger partial charge on any atom is 0.277 e. The van der Waals surface area contributed by atoms with Crippen LogP contribution in [-0.4, -0.2) is 40.1 Å². The van der Waals surface area contributed by atoms with E-state index in [9.17, 15) is 9.18 Å². The van der Waals surface area contributed by atoms with Gasteiger partial charge in [0.25, 0.3) is 5.91 Å². The number of halogens is 1. The summed E-state index contributed by atoms with van der Waals surface area (Å²) in [4.78, 5) is 11.7. The molecule has 2 aromatic carbocycles. The predicted octanol–water partition coefficient (Wildman–Crippen LogP) is 2.38. The van der Waals surface area contributed by atoms with E-state index in [4.69, 9.17) is 18.9 Å². The summed E-state index contributed by atoms with van der Waals surface area (Å²) in [7, 11) is 4.50. The molecular formula is C18H19FN2O5. The first-order valence-electron chi connectivity index (χ1n) is 7.58. The first kappa shape index (κ1) is 19.0. The Balaban J connectivity index is 1.97. The lowest BCUT2D eigenvalue weighted by molar-refractivity contribution is -0.123. The van der Waals surface area contributed by atoms with Crippen LogP contribution in [0.1, 0.15) is 5.56 Å². The van der Waals surface area contributed by atoms with Crippen molar-refractivity contribution in [3.63, 3.8) is 0 Å². The first-order valence-corrected chi connectivity index (χ1v) is 7.58. The molecule has 0 saturated carbocycles. The van der Waals surface area contributed by atoms with Crippen molar-refractivity contribution in [2.75, 3.05) is 27.9 Å². The summed E-state index contributed by atoms with van der Waals surface area (Å²) in [5.74, 6) is 0.300. The van der Waals surface area contributed by atoms with Gasteiger partial charge in [0.1, 0.15) is 0 Å². The highest BCUT2D eigenvalue weighted by Crippen LogP contribution is 2.37. The zero-order valence-corrected chi connectivity index (χ0v) is 14.6. The van der Waals surface area contributed by atoms with Crippen molar-refractivity contribution in [2.45, 2.75) is 0 Å². The quantitative estimate of drug-likeness (QED) is 0.576. The number of para-hydroxylation sites is 1. The van der Waals surface area contributed by atoms with E-state index >= 15 is 0 Å². The van der Waals surface area contributed by atoms with Gasteiger partial charge in [0.15, 0.2) is 29.7 Å². The topological polar surface area (TPSA) is 78.4 Å². The number of methoxy groups -OCH3 is 3. The molecule has 0 bridgehead atoms. The number of amides is 1. The molecule has 0 atom stereocenters. The van der Waals surface area contributed by atoms with Gasteiger partial charge in [-0.25, -0.2) is 9.82 Å². The van der Waals surface area contributed by atoms with E-state index in [1.54, 1.807) is 18.2 Å². The highest BCUT2D eigenvalue weighted by Gasteiger charge is 2.12. The number of hydrogen-bond donors (Lipinski definition) is 1. The molecule has 0 fully saturated rings. The number of ether oxygens (including phenoxy) is 4. The molecule has 0 aliphatic heterocycles. The zero-order valence-electron chi connectivity index (χ0n) is 14.6. The van der Waals surface area contributed by atoms with Crippen LogP contribution in [-0.2, 0) is 4.79 Å². The summed E-state index contributed by atoms with van der Waals surface area (Å²) in [5.41, 5.74) is 2.91. The third-order valence-electron chi connectivity index (χ3n) is 3.29. The number of nitrogens with zero attached hydrogens (tertiary/aromatic N) is 1. The molecule has 1 N–H and O–H groups in total. The van der Waals surface area contributed by atoms with Gasteiger partial charge in [0.05, 0.1) is 27.5 Å². The lowest BCUT2D eigenvalue weighted by atomic mass is 10.2. The second-order valence-electron chi connectivity index (χ2n) is 4.97. The molecule has 0 aliphatic carbocycles. The number of carbonyl (C=O) groups is 1. The summed E-state index contributed by atoms with van der Waals surface area (Å²) < 4.78 is 34.2. The Morgan fingerprint density at radius 3 is 2.31 bits per heavy atom. The van der Waals surface area contributed by atoms with Crippen molar-refractivity contribution in [3.05, 3.63) is 47.8 Å². The number of hydrazone groups is 1. The van der Waals surface area contributed by atoms with Crippen LogP contribution >= 0.6 is 0 Å². The van der Waals surface area contributed by atoms with Crippen molar-refractivity contribution in [1.29, 1.82) is 0 Å². The molecule has 0 unspecified atom stereocenters. The van der Waals surface area contributed by atoms with Crippen LogP contribution in [0.15, 0.2) is 41.5 Å². The zero-order chi connectivity index (χ0) is 18.9. The second-order valence-corrected chi connectivity index (χ2v) is 4.97. The van der Waals surface area contributed by atoms with Crippen LogP contribution in [0.2, 0.25) is 0 Å². The van der Waals surface area contributed by atoms with Crippen LogP contribution in [0.4, 0.5) is 4.39 Å². The fourth-order valence-electron chi connectivity index (χ4n) is 2.09. The third kappa shape index (κ3) is 4.85. The molecule has 8 heteroatoms. The van der Waals surface area contributed by atoms with Crippen molar-refractivity contribution < 1.29 is 28.1 Å². The molecule has 0 spiro atoms. The van der Waals surface area contributed by atoms with Crippen LogP contribution < -0.4 is 24.4 Å². The number of benzene rings is 2. The minimum atomic E-state index is -0.541. The van der Waals surface area contributed by atoms with Gasteiger partial charge < -0.3 is 18.9 Å². The SMILES string of the molecule is COc1cc(/C=N\NC(=O)COc2ccccc2F)cc(OC)c1OC. The van der Waals surface area contributed by atoms with E-state index in [2.05, 4.69) is 10.5 Å². The van der Waals surface area contributed by atoms with Gasteiger partial charge in [0.2, 0.25) is 5.75 Å². The van der Waals surface area contributed by atoms with Gasteiger partial charge in [-0.15, -0.1) is 0 Å². The Morgan fingerprint density at radius 2 is 1.73 bits per heavy atom. The number of nitrogens with one attached hydrogen (secondary N) is 1. The smallest absolute Gasteiger partial charge is 0.277 e. The highest BCUT2D eigenvalue weighted by atomic mass is 19.1. The number of rotatable bonds is 8. The molecular weight excluding hydrogens is 343 g/mol. The van der Waals surface area contributed by atoms with Gasteiger partial charge >= 0.3 is 0 Å². The molecule has 7 nitrogen and oxygen atoms in total. The Kier molecular flexibility index (Phi) is 6.78. The first-order chi connectivity index (χ1) is 12.6. The molecule has 0 saturated heterocycles. The lowest BCUT2D eigenvalue weighted by Crippen LogP contribution is -2.24. The number of carbonyl (C=O) groups excluding carboxylic acids is 1. The van der Waals surface area contributed by atoms with Crippen molar-refractivity contribution in [1.82, 2.24) is 5.43 Å². The minimum absolute atomic E-state index is 0.00347. The van der Waals surface area contributed by atoms with E-state index < -0.39 is 11.7 Å². The average Bonchev–Trinajstić information content (AvgIpc) is 2.66. The molecule has 1 amide bonds. The van der Waals surface area contributed by atoms with Crippen LogP contribution in [0.25, 0.3) is 0 Å². The predicted molar refractivity (Wildman–Crippen MR) is 93.7 cm³/mol. The van der Waals surface area contributed by atoms with Gasteiger partial charge in [-0.3, -0.25) is 4.79 Å². The normalized spacial score (nSPS) is 10.5. The summed E-state index contributed by atoms with van der Waals surface area (Å²) in [6.07, 6.45) is 1.41. The maximum absolute atomic E-state index is 13.4. The molecule has 2 aromatic rings. The fraction of sp³-hybridized carbons (Fsp3) is 0.222. The van der Waals surface area contributed by atoms with E-state index in [1.165, 1.54) is 45.7 Å². The second kappa shape index (κ2) is 9.26. The standard InChI is InChI=1S/C18H19FN2O5/c1-23-15-8-12(9-16(24-2)18(15)25-3)10-20-21-17(22)11-26-14-7-5-4-6-13(14)19/h4-10H,11H2,1-3H3,(H,21,22)/b20-10-. The van der Waals surface area contributed by atoms with Crippen molar-refractivity contribution in [3.8, 4) is 23.0 Å². The monoisotopic (exact) mass is 362 g/mol. The molecule has 0 aliphatic rings. The largest absolute Gasteiger partial charge is 0.493 e. The Labute approximate surface area is 150 Å². The minimum Gasteiger partial charge on any atom is -0.493 e. The summed E-state index contributed by atoms with van der Waals surface area (Å²) in [6, 6.07) is 9.17. The average molecular weight is 362 g/mol. The van der Waals surface area contributed by atoms with Crippen molar-refractivity contribution >= 4 is 12.1 Å². The van der Waals surface area contributed by atoms with E-state index in [-0.39, 0.29) is 12.4 Å². The molecule has 0 radical (unpaired) electrons. The van der Waals surface area contributed by atoms with Gasteiger partial charge in [-0.2, -0.15) is 5.10 Å². The highest BCUT2D eigenvalue weighted by molar-refractivity contribution is 5.84. The molecule has 138 valence electrons. The maximum atomic E-state index is 13.4. The van der Waals surface area contributed by atoms with E-state index in [0.29, 0.717) is 22.8 Å². The van der Waals surface area contributed by atoms with Gasteiger partial charge in [0, 0.05) is 5.56 Å². The third-order valence-corrected chi connectivity index (χ3v) is 3.29. The van der Waals surface area contributed by atoms with Crippen LogP contribution in [0.3, 0.4) is 0 Å². The van der Waals surface area contributed by atoms with Crippen molar-refractivity contribution in [2.24, 2.45) is 5.10 Å². The molecule has 26 heavy (non-hydrogen) atoms. The van der Waals surface area contributed by atoms with Crippen LogP contribution in [0.5, 0.6) is 23.0 Å². The fourth-order valence-corrected chi connectivity index (χ4v) is 2.09. The number of hydrogen-bond acceptors (Lipinski definition) is 6. The Hall–Kier alpha value is -3.29. The molecule has 0 heterocycles. The molecule has 2 rings (SSSR count). The lowest BCUT2D eigenvalue weighted by Gasteiger charge is -2.12. The van der Waals surface area contributed by atoms with Gasteiger partial charge in [-0.05, 0) is 24.3 Å². The van der Waals surface area contributed by atoms with Gasteiger partial charge in [-0.1, -0.05) is 12.1 Å². The Bertz CT molecular complexity index is 770. The van der Waals surface area contributed by atoms with E-state index in [0.717, 1.165) is 0 Å². The summed E-state index contributed by atoms with van der Waals surface area (Å²) in [6.45, 7) is -0.368. The Morgan fingerprint density at radius 1 is 1.08 bits per heavy atom. The van der Waals surface area contributed by atoms with Crippen LogP contribution in [0, 0.1) is 5.82 Å². The van der Waals surface area contributed by atoms with E-state index in [1.807, 2.05) is 0 Å². The molecule has 0 aromatic heterocycles. The summed E-state index contributed by atoms with van der Waals surface area (Å²) in [5, 5.41) is 3.83.